The molecule has 214 valence electrons. The average molecular weight is 557 g/mol. The Morgan fingerprint density at radius 2 is 1.49 bits per heavy atom. The summed E-state index contributed by atoms with van der Waals surface area (Å²) < 4.78 is 21.4. The van der Waals surface area contributed by atoms with Gasteiger partial charge in [0.1, 0.15) is 5.75 Å². The predicted molar refractivity (Wildman–Crippen MR) is 156 cm³/mol. The minimum Gasteiger partial charge on any atom is -0.497 e. The van der Waals surface area contributed by atoms with Crippen molar-refractivity contribution in [3.63, 3.8) is 0 Å². The van der Waals surface area contributed by atoms with Crippen LogP contribution >= 0.6 is 0 Å². The number of carbonyl (C=O) groups is 3. The molecule has 3 aromatic rings. The Labute approximate surface area is 241 Å². The van der Waals surface area contributed by atoms with Crippen LogP contribution in [0.5, 0.6) is 5.75 Å². The van der Waals surface area contributed by atoms with E-state index in [0.29, 0.717) is 29.7 Å². The first kappa shape index (κ1) is 31.1. The van der Waals surface area contributed by atoms with Gasteiger partial charge in [-0.3, -0.25) is 4.79 Å². The Balaban J connectivity index is 1.58. The molecule has 3 rings (SSSR count). The van der Waals surface area contributed by atoms with Crippen molar-refractivity contribution in [3.05, 3.63) is 101 Å². The standard InChI is InChI=1S/C34H36O7/c1-4-39-33(36)29-16-11-15-28(24-29)32(35)27-14-10-13-26(22-27)23-31(34(37)40-5-2)41-21-9-7-6-8-12-25-17-19-30(38-3)20-18-25/h10-11,13-20,22,24,31H,4-7,9,21,23H2,1-3H3. The molecule has 0 aliphatic carbocycles. The van der Waals surface area contributed by atoms with Gasteiger partial charge in [0.05, 0.1) is 25.9 Å². The van der Waals surface area contributed by atoms with Crippen molar-refractivity contribution in [3.8, 4) is 17.6 Å². The maximum absolute atomic E-state index is 13.2. The highest BCUT2D eigenvalue weighted by molar-refractivity contribution is 6.10. The number of hydrogen-bond acceptors (Lipinski definition) is 7. The van der Waals surface area contributed by atoms with E-state index >= 15 is 0 Å². The minimum absolute atomic E-state index is 0.234. The fourth-order valence-corrected chi connectivity index (χ4v) is 4.05. The van der Waals surface area contributed by atoms with E-state index in [0.717, 1.165) is 29.7 Å². The fraction of sp³-hybridized carbons (Fsp3) is 0.324. The van der Waals surface area contributed by atoms with Gasteiger partial charge < -0.3 is 18.9 Å². The van der Waals surface area contributed by atoms with Crippen molar-refractivity contribution >= 4 is 17.7 Å². The van der Waals surface area contributed by atoms with Gasteiger partial charge in [-0.05, 0) is 74.7 Å². The lowest BCUT2D eigenvalue weighted by Gasteiger charge is -2.17. The van der Waals surface area contributed by atoms with Crippen LogP contribution in [-0.4, -0.2) is 50.8 Å². The maximum atomic E-state index is 13.2. The summed E-state index contributed by atoms with van der Waals surface area (Å²) in [4.78, 5) is 37.9. The molecule has 0 aromatic heterocycles. The molecule has 0 fully saturated rings. The largest absolute Gasteiger partial charge is 0.497 e. The molecule has 0 heterocycles. The van der Waals surface area contributed by atoms with E-state index in [1.54, 1.807) is 57.4 Å². The predicted octanol–water partition coefficient (Wildman–Crippen LogP) is 5.82. The molecule has 0 amide bonds. The molecule has 7 nitrogen and oxygen atoms in total. The van der Waals surface area contributed by atoms with Gasteiger partial charge in [-0.25, -0.2) is 9.59 Å². The van der Waals surface area contributed by atoms with Gasteiger partial charge in [0.25, 0.3) is 0 Å². The molecule has 7 heteroatoms. The normalized spacial score (nSPS) is 11.1. The van der Waals surface area contributed by atoms with Crippen molar-refractivity contribution in [2.24, 2.45) is 0 Å². The molecule has 0 aliphatic heterocycles. The summed E-state index contributed by atoms with van der Waals surface area (Å²) in [6, 6.07) is 21.1. The zero-order chi connectivity index (χ0) is 29.5. The topological polar surface area (TPSA) is 88.1 Å². The highest BCUT2D eigenvalue weighted by Gasteiger charge is 2.22. The smallest absolute Gasteiger partial charge is 0.338 e. The second-order valence-electron chi connectivity index (χ2n) is 9.13. The average Bonchev–Trinajstić information content (AvgIpc) is 3.00. The van der Waals surface area contributed by atoms with Crippen LogP contribution in [0.2, 0.25) is 0 Å². The third-order valence-electron chi connectivity index (χ3n) is 6.13. The molecule has 3 aromatic carbocycles. The van der Waals surface area contributed by atoms with Crippen LogP contribution in [0, 0.1) is 11.8 Å². The van der Waals surface area contributed by atoms with E-state index in [1.807, 2.05) is 30.3 Å². The molecule has 41 heavy (non-hydrogen) atoms. The Bertz CT molecular complexity index is 1370. The quantitative estimate of drug-likeness (QED) is 0.107. The number of hydrogen-bond donors (Lipinski definition) is 0. The van der Waals surface area contributed by atoms with E-state index < -0.39 is 18.0 Å². The summed E-state index contributed by atoms with van der Waals surface area (Å²) in [5.41, 5.74) is 2.83. The first-order chi connectivity index (χ1) is 19.9. The Morgan fingerprint density at radius 3 is 2.20 bits per heavy atom. The summed E-state index contributed by atoms with van der Waals surface area (Å²) in [6.07, 6.45) is 1.75. The minimum atomic E-state index is -0.794. The first-order valence-corrected chi connectivity index (χ1v) is 13.8. The fourth-order valence-electron chi connectivity index (χ4n) is 4.05. The van der Waals surface area contributed by atoms with Gasteiger partial charge in [-0.15, -0.1) is 0 Å². The van der Waals surface area contributed by atoms with Crippen LogP contribution in [0.25, 0.3) is 0 Å². The Morgan fingerprint density at radius 1 is 0.805 bits per heavy atom. The molecular weight excluding hydrogens is 520 g/mol. The van der Waals surface area contributed by atoms with Gasteiger partial charge >= 0.3 is 11.9 Å². The van der Waals surface area contributed by atoms with E-state index in [-0.39, 0.29) is 25.4 Å². The van der Waals surface area contributed by atoms with Crippen molar-refractivity contribution in [1.82, 2.24) is 0 Å². The van der Waals surface area contributed by atoms with Crippen molar-refractivity contribution < 1.29 is 33.3 Å². The van der Waals surface area contributed by atoms with Crippen LogP contribution in [0.1, 0.15) is 70.5 Å². The summed E-state index contributed by atoms with van der Waals surface area (Å²) >= 11 is 0. The van der Waals surface area contributed by atoms with Gasteiger partial charge in [-0.1, -0.05) is 42.2 Å². The molecule has 0 bridgehead atoms. The van der Waals surface area contributed by atoms with E-state index in [1.165, 1.54) is 6.07 Å². The second-order valence-corrected chi connectivity index (χ2v) is 9.13. The van der Waals surface area contributed by atoms with E-state index in [9.17, 15) is 14.4 Å². The van der Waals surface area contributed by atoms with E-state index in [2.05, 4.69) is 11.8 Å². The monoisotopic (exact) mass is 556 g/mol. The molecule has 0 saturated heterocycles. The lowest BCUT2D eigenvalue weighted by Crippen LogP contribution is -2.29. The zero-order valence-corrected chi connectivity index (χ0v) is 23.8. The number of benzene rings is 3. The number of methoxy groups -OCH3 is 1. The van der Waals surface area contributed by atoms with Crippen LogP contribution in [0.3, 0.4) is 0 Å². The lowest BCUT2D eigenvalue weighted by atomic mass is 9.98. The van der Waals surface area contributed by atoms with Crippen molar-refractivity contribution in [2.45, 2.75) is 45.6 Å². The van der Waals surface area contributed by atoms with Gasteiger partial charge in [-0.2, -0.15) is 0 Å². The van der Waals surface area contributed by atoms with Crippen molar-refractivity contribution in [1.29, 1.82) is 0 Å². The molecule has 1 atom stereocenters. The second kappa shape index (κ2) is 16.6. The Kier molecular flexibility index (Phi) is 12.6. The van der Waals surface area contributed by atoms with E-state index in [4.69, 9.17) is 18.9 Å². The molecular formula is C34H36O7. The SMILES string of the molecule is CCOC(=O)c1cccc(C(=O)c2cccc(CC(OCCCCC#Cc3ccc(OC)cc3)C(=O)OCC)c2)c1. The van der Waals surface area contributed by atoms with Crippen molar-refractivity contribution in [2.75, 3.05) is 26.9 Å². The Hall–Kier alpha value is -4.41. The molecule has 0 N–H and O–H groups in total. The van der Waals surface area contributed by atoms with Gasteiger partial charge in [0.15, 0.2) is 11.9 Å². The molecule has 1 unspecified atom stereocenters. The number of unbranched alkanes of at least 4 members (excludes halogenated alkanes) is 2. The van der Waals surface area contributed by atoms with Gasteiger partial charge in [0, 0.05) is 36.1 Å². The third kappa shape index (κ3) is 9.93. The number of ether oxygens (including phenoxy) is 4. The number of esters is 2. The molecule has 0 saturated carbocycles. The zero-order valence-electron chi connectivity index (χ0n) is 23.8. The third-order valence-corrected chi connectivity index (χ3v) is 6.13. The highest BCUT2D eigenvalue weighted by atomic mass is 16.6. The maximum Gasteiger partial charge on any atom is 0.338 e. The summed E-state index contributed by atoms with van der Waals surface area (Å²) in [7, 11) is 1.63. The molecule has 0 aliphatic rings. The highest BCUT2D eigenvalue weighted by Crippen LogP contribution is 2.17. The first-order valence-electron chi connectivity index (χ1n) is 13.8. The number of carbonyl (C=O) groups excluding carboxylic acids is 3. The summed E-state index contributed by atoms with van der Waals surface area (Å²) in [5.74, 6) is 5.94. The molecule has 0 radical (unpaired) electrons. The van der Waals surface area contributed by atoms with Crippen LogP contribution < -0.4 is 4.74 Å². The lowest BCUT2D eigenvalue weighted by molar-refractivity contribution is -0.156. The summed E-state index contributed by atoms with van der Waals surface area (Å²) in [5, 5.41) is 0. The van der Waals surface area contributed by atoms with Crippen LogP contribution in [-0.2, 0) is 25.4 Å². The molecule has 0 spiro atoms. The number of rotatable bonds is 14. The van der Waals surface area contributed by atoms with Crippen LogP contribution in [0.4, 0.5) is 0 Å². The van der Waals surface area contributed by atoms with Gasteiger partial charge in [0.2, 0.25) is 0 Å². The summed E-state index contributed by atoms with van der Waals surface area (Å²) in [6.45, 7) is 4.36. The number of ketones is 1. The van der Waals surface area contributed by atoms with Crippen LogP contribution in [0.15, 0.2) is 72.8 Å².